The van der Waals surface area contributed by atoms with Gasteiger partial charge in [-0.25, -0.2) is 0 Å². The van der Waals surface area contributed by atoms with Crippen molar-refractivity contribution in [2.75, 3.05) is 12.4 Å². The van der Waals surface area contributed by atoms with Gasteiger partial charge in [0, 0.05) is 14.6 Å². The number of carbonyl (C=O) groups is 1. The van der Waals surface area contributed by atoms with E-state index in [2.05, 4.69) is 53.1 Å². The average Bonchev–Trinajstić information content (AvgIpc) is 2.96. The van der Waals surface area contributed by atoms with E-state index in [0.29, 0.717) is 46.2 Å². The third-order valence-corrected chi connectivity index (χ3v) is 7.30. The van der Waals surface area contributed by atoms with E-state index in [4.69, 9.17) is 14.2 Å². The van der Waals surface area contributed by atoms with Gasteiger partial charge in [-0.3, -0.25) is 4.79 Å². The predicted octanol–water partition coefficient (Wildman–Crippen LogP) is 8.69. The zero-order chi connectivity index (χ0) is 28.5. The summed E-state index contributed by atoms with van der Waals surface area (Å²) in [6.45, 7) is 0.769. The normalized spacial score (nSPS) is 10.9. The van der Waals surface area contributed by atoms with Crippen LogP contribution < -0.4 is 19.5 Å². The molecule has 0 aliphatic rings. The molecular formula is C31H23Br3N2O4. The molecule has 0 heterocycles. The van der Waals surface area contributed by atoms with Gasteiger partial charge in [-0.15, -0.1) is 0 Å². The Kier molecular flexibility index (Phi) is 10.4. The fourth-order valence-corrected chi connectivity index (χ4v) is 4.70. The summed E-state index contributed by atoms with van der Waals surface area (Å²) in [6, 6.07) is 28.1. The van der Waals surface area contributed by atoms with E-state index in [0.717, 1.165) is 20.1 Å². The van der Waals surface area contributed by atoms with Crippen LogP contribution in [0.25, 0.3) is 6.08 Å². The molecule has 1 amide bonds. The number of hydrogen-bond donors (Lipinski definition) is 1. The maximum Gasteiger partial charge on any atom is 0.266 e. The molecule has 0 spiro atoms. The molecule has 0 aliphatic carbocycles. The van der Waals surface area contributed by atoms with Crippen molar-refractivity contribution in [1.29, 1.82) is 5.26 Å². The maximum absolute atomic E-state index is 12.9. The fourth-order valence-electron chi connectivity index (χ4n) is 3.59. The third-order valence-electron chi connectivity index (χ3n) is 5.66. The van der Waals surface area contributed by atoms with Crippen LogP contribution in [0.15, 0.2) is 104 Å². The molecule has 0 aliphatic heterocycles. The number of halogens is 3. The molecule has 6 nitrogen and oxygen atoms in total. The molecule has 9 heteroatoms. The van der Waals surface area contributed by atoms with Gasteiger partial charge in [0.15, 0.2) is 11.5 Å². The molecular weight excluding hydrogens is 704 g/mol. The van der Waals surface area contributed by atoms with E-state index in [1.807, 2.05) is 54.6 Å². The minimum Gasteiger partial charge on any atom is -0.493 e. The SMILES string of the molecule is COc1cc(/C=C(\C#N)C(=O)Nc2ccc(OCc3ccc(Br)cc3)cc2)cc(Br)c1OCc1ccc(Br)cc1. The van der Waals surface area contributed by atoms with E-state index in [1.54, 1.807) is 36.4 Å². The predicted molar refractivity (Wildman–Crippen MR) is 166 cm³/mol. The number of amides is 1. The maximum atomic E-state index is 12.9. The van der Waals surface area contributed by atoms with Crippen LogP contribution in [0.3, 0.4) is 0 Å². The van der Waals surface area contributed by atoms with E-state index >= 15 is 0 Å². The summed E-state index contributed by atoms with van der Waals surface area (Å²) in [4.78, 5) is 12.9. The van der Waals surface area contributed by atoms with E-state index < -0.39 is 5.91 Å². The Bertz CT molecular complexity index is 1550. The highest BCUT2D eigenvalue weighted by Crippen LogP contribution is 2.38. The first-order chi connectivity index (χ1) is 19.3. The first-order valence-corrected chi connectivity index (χ1v) is 14.4. The zero-order valence-electron chi connectivity index (χ0n) is 21.3. The number of ether oxygens (including phenoxy) is 3. The standard InChI is InChI=1S/C31H23Br3N2O4/c1-38-29-16-22(15-28(34)30(29)40-19-21-4-8-25(33)9-5-21)14-23(17-35)31(37)36-26-10-12-27(13-11-26)39-18-20-2-6-24(32)7-3-20/h2-16H,18-19H2,1H3,(H,36,37)/b23-14+. The molecule has 4 rings (SSSR count). The number of hydrogen-bond acceptors (Lipinski definition) is 5. The Labute approximate surface area is 258 Å². The van der Waals surface area contributed by atoms with Crippen LogP contribution in [0.1, 0.15) is 16.7 Å². The second-order valence-corrected chi connectivity index (χ2v) is 11.2. The van der Waals surface area contributed by atoms with Crippen molar-refractivity contribution < 1.29 is 19.0 Å². The van der Waals surface area contributed by atoms with Gasteiger partial charge in [0.25, 0.3) is 5.91 Å². The Morgan fingerprint density at radius 1 is 0.850 bits per heavy atom. The number of methoxy groups -OCH3 is 1. The van der Waals surface area contributed by atoms with E-state index in [1.165, 1.54) is 13.2 Å². The first kappa shape index (κ1) is 29.4. The molecule has 4 aromatic rings. The Morgan fingerprint density at radius 2 is 1.43 bits per heavy atom. The van der Waals surface area contributed by atoms with Crippen molar-refractivity contribution in [3.63, 3.8) is 0 Å². The van der Waals surface area contributed by atoms with Gasteiger partial charge in [0.1, 0.15) is 30.6 Å². The second kappa shape index (κ2) is 14.2. The van der Waals surface area contributed by atoms with E-state index in [-0.39, 0.29) is 5.57 Å². The number of nitrogens with zero attached hydrogens (tertiary/aromatic N) is 1. The summed E-state index contributed by atoms with van der Waals surface area (Å²) >= 11 is 10.4. The lowest BCUT2D eigenvalue weighted by Gasteiger charge is -2.14. The van der Waals surface area contributed by atoms with Crippen molar-refractivity contribution in [2.45, 2.75) is 13.2 Å². The third kappa shape index (κ3) is 8.21. The van der Waals surface area contributed by atoms with Gasteiger partial charge in [-0.05, 0) is 99.4 Å². The molecule has 1 N–H and O–H groups in total. The monoisotopic (exact) mass is 724 g/mol. The lowest BCUT2D eigenvalue weighted by Crippen LogP contribution is -2.13. The number of rotatable bonds is 10. The van der Waals surface area contributed by atoms with Gasteiger partial charge in [0.05, 0.1) is 11.6 Å². The van der Waals surface area contributed by atoms with Crippen LogP contribution >= 0.6 is 47.8 Å². The smallest absolute Gasteiger partial charge is 0.266 e. The zero-order valence-corrected chi connectivity index (χ0v) is 26.0. The summed E-state index contributed by atoms with van der Waals surface area (Å²) in [5, 5.41) is 12.4. The van der Waals surface area contributed by atoms with Crippen molar-refractivity contribution in [3.05, 3.63) is 121 Å². The largest absolute Gasteiger partial charge is 0.493 e. The lowest BCUT2D eigenvalue weighted by atomic mass is 10.1. The highest BCUT2D eigenvalue weighted by molar-refractivity contribution is 9.11. The van der Waals surface area contributed by atoms with Gasteiger partial charge < -0.3 is 19.5 Å². The Morgan fingerprint density at radius 3 is 1.98 bits per heavy atom. The van der Waals surface area contributed by atoms with Crippen molar-refractivity contribution in [3.8, 4) is 23.3 Å². The van der Waals surface area contributed by atoms with Crippen molar-refractivity contribution in [2.24, 2.45) is 0 Å². The molecule has 0 radical (unpaired) electrons. The lowest BCUT2D eigenvalue weighted by molar-refractivity contribution is -0.112. The molecule has 202 valence electrons. The summed E-state index contributed by atoms with van der Waals surface area (Å²) in [5.41, 5.74) is 3.11. The van der Waals surface area contributed by atoms with Crippen LogP contribution in [0, 0.1) is 11.3 Å². The number of nitrogens with one attached hydrogen (secondary N) is 1. The van der Waals surface area contributed by atoms with Crippen molar-refractivity contribution >= 4 is 65.5 Å². The number of nitriles is 1. The van der Waals surface area contributed by atoms with Crippen LogP contribution in [0.4, 0.5) is 5.69 Å². The van der Waals surface area contributed by atoms with Gasteiger partial charge in [-0.1, -0.05) is 56.1 Å². The van der Waals surface area contributed by atoms with Crippen LogP contribution in [0.2, 0.25) is 0 Å². The second-order valence-electron chi connectivity index (χ2n) is 8.51. The van der Waals surface area contributed by atoms with Crippen LogP contribution in [-0.4, -0.2) is 13.0 Å². The highest BCUT2D eigenvalue weighted by atomic mass is 79.9. The Balaban J connectivity index is 1.41. The minimum absolute atomic E-state index is 0.0620. The summed E-state index contributed by atoms with van der Waals surface area (Å²) in [7, 11) is 1.53. The van der Waals surface area contributed by atoms with E-state index in [9.17, 15) is 10.1 Å². The highest BCUT2D eigenvalue weighted by Gasteiger charge is 2.15. The summed E-state index contributed by atoms with van der Waals surface area (Å²) in [5.74, 6) is 1.12. The molecule has 0 saturated carbocycles. The van der Waals surface area contributed by atoms with Gasteiger partial charge in [0.2, 0.25) is 0 Å². The molecule has 4 aromatic carbocycles. The summed E-state index contributed by atoms with van der Waals surface area (Å²) < 4.78 is 19.9. The molecule has 0 fully saturated rings. The minimum atomic E-state index is -0.531. The topological polar surface area (TPSA) is 80.6 Å². The number of benzene rings is 4. The quantitative estimate of drug-likeness (QED) is 0.131. The molecule has 0 bridgehead atoms. The number of carbonyl (C=O) groups excluding carboxylic acids is 1. The van der Waals surface area contributed by atoms with Gasteiger partial charge >= 0.3 is 0 Å². The summed E-state index contributed by atoms with van der Waals surface area (Å²) in [6.07, 6.45) is 1.50. The first-order valence-electron chi connectivity index (χ1n) is 12.0. The fraction of sp³-hybridized carbons (Fsp3) is 0.0968. The van der Waals surface area contributed by atoms with Gasteiger partial charge in [-0.2, -0.15) is 5.26 Å². The molecule has 0 atom stereocenters. The van der Waals surface area contributed by atoms with Crippen LogP contribution in [0.5, 0.6) is 17.2 Å². The molecule has 40 heavy (non-hydrogen) atoms. The number of anilines is 1. The molecule has 0 aromatic heterocycles. The van der Waals surface area contributed by atoms with Crippen molar-refractivity contribution in [1.82, 2.24) is 0 Å². The average molecular weight is 727 g/mol. The Hall–Kier alpha value is -3.58. The molecule has 0 unspecified atom stereocenters. The van der Waals surface area contributed by atoms with Crippen LogP contribution in [-0.2, 0) is 18.0 Å². The molecule has 0 saturated heterocycles.